The quantitative estimate of drug-likeness (QED) is 0.431. The van der Waals surface area contributed by atoms with Gasteiger partial charge in [-0.25, -0.2) is 4.98 Å². The predicted molar refractivity (Wildman–Crippen MR) is 62.9 cm³/mol. The minimum Gasteiger partial charge on any atom is -0.350 e. The van der Waals surface area contributed by atoms with Crippen LogP contribution < -0.4 is 16.6 Å². The number of hydrogen-bond acceptors (Lipinski definition) is 5. The average Bonchev–Trinajstić information content (AvgIpc) is 2.33. The first kappa shape index (κ1) is 14.6. The number of hydrazine groups is 1. The molecule has 0 atom stereocenters. The number of nitrogens with one attached hydrogen (secondary N) is 2. The largest absolute Gasteiger partial charge is 0.441 e. The van der Waals surface area contributed by atoms with E-state index in [-0.39, 0.29) is 29.8 Å². The van der Waals surface area contributed by atoms with Crippen molar-refractivity contribution in [2.45, 2.75) is 5.51 Å². The van der Waals surface area contributed by atoms with Crippen LogP contribution in [0.5, 0.6) is 0 Å². The molecule has 0 aromatic carbocycles. The van der Waals surface area contributed by atoms with Crippen LogP contribution >= 0.6 is 11.8 Å². The van der Waals surface area contributed by atoms with Crippen molar-refractivity contribution in [1.82, 2.24) is 10.3 Å². The number of rotatable bonds is 5. The lowest BCUT2D eigenvalue weighted by atomic mass is 10.3. The van der Waals surface area contributed by atoms with E-state index in [1.54, 1.807) is 0 Å². The van der Waals surface area contributed by atoms with Crippen LogP contribution in [0.2, 0.25) is 0 Å². The van der Waals surface area contributed by atoms with Crippen molar-refractivity contribution in [3.63, 3.8) is 0 Å². The highest BCUT2D eigenvalue weighted by Crippen LogP contribution is 2.29. The maximum Gasteiger partial charge on any atom is 0.441 e. The summed E-state index contributed by atoms with van der Waals surface area (Å²) in [6.45, 7) is -0.0818. The molecule has 0 saturated heterocycles. The molecule has 0 unspecified atom stereocenters. The van der Waals surface area contributed by atoms with Gasteiger partial charge < -0.3 is 10.7 Å². The number of pyridine rings is 1. The summed E-state index contributed by atoms with van der Waals surface area (Å²) in [6.07, 6.45) is 1.35. The van der Waals surface area contributed by atoms with Gasteiger partial charge in [-0.2, -0.15) is 13.2 Å². The van der Waals surface area contributed by atoms with Crippen LogP contribution in [-0.2, 0) is 0 Å². The first-order chi connectivity index (χ1) is 8.42. The fourth-order valence-corrected chi connectivity index (χ4v) is 1.47. The number of amides is 1. The van der Waals surface area contributed by atoms with E-state index in [0.717, 1.165) is 0 Å². The fraction of sp³-hybridized carbons (Fsp3) is 0.333. The number of aromatic nitrogens is 1. The second kappa shape index (κ2) is 6.45. The van der Waals surface area contributed by atoms with E-state index < -0.39 is 11.4 Å². The number of nitrogens with two attached hydrogens (primary N) is 1. The lowest BCUT2D eigenvalue weighted by molar-refractivity contribution is -0.0327. The zero-order chi connectivity index (χ0) is 13.6. The molecular formula is C9H11F3N4OS. The van der Waals surface area contributed by atoms with Crippen molar-refractivity contribution < 1.29 is 18.0 Å². The summed E-state index contributed by atoms with van der Waals surface area (Å²) in [6, 6.07) is 2.95. The molecule has 0 spiro atoms. The summed E-state index contributed by atoms with van der Waals surface area (Å²) in [4.78, 5) is 15.2. The Morgan fingerprint density at radius 2 is 2.17 bits per heavy atom. The van der Waals surface area contributed by atoms with Gasteiger partial charge in [0.2, 0.25) is 0 Å². The number of halogens is 3. The van der Waals surface area contributed by atoms with Crippen molar-refractivity contribution in [3.8, 4) is 0 Å². The highest BCUT2D eigenvalue weighted by atomic mass is 32.2. The monoisotopic (exact) mass is 280 g/mol. The maximum atomic E-state index is 11.8. The molecule has 4 N–H and O–H groups in total. The summed E-state index contributed by atoms with van der Waals surface area (Å²) in [5.74, 6) is 4.35. The number of carbonyl (C=O) groups excluding carboxylic acids is 1. The molecule has 0 bridgehead atoms. The number of anilines is 1. The molecule has 1 rings (SSSR count). The first-order valence-electron chi connectivity index (χ1n) is 4.84. The Morgan fingerprint density at radius 1 is 1.44 bits per heavy atom. The van der Waals surface area contributed by atoms with Gasteiger partial charge in [-0.15, -0.1) is 0 Å². The molecule has 0 aliphatic carbocycles. The summed E-state index contributed by atoms with van der Waals surface area (Å²) in [7, 11) is 0. The highest BCUT2D eigenvalue weighted by Gasteiger charge is 2.27. The van der Waals surface area contributed by atoms with Crippen LogP contribution in [0.1, 0.15) is 10.5 Å². The third-order valence-corrected chi connectivity index (χ3v) is 2.55. The standard InChI is InChI=1S/C9H11F3N4OS/c10-9(11,12)18-4-3-14-8(17)7-2-1-6(16-13)5-15-7/h1-2,5,16H,3-4,13H2,(H,14,17). The molecular weight excluding hydrogens is 269 g/mol. The van der Waals surface area contributed by atoms with Crippen LogP contribution in [0, 0.1) is 0 Å². The lowest BCUT2D eigenvalue weighted by Gasteiger charge is -2.07. The summed E-state index contributed by atoms with van der Waals surface area (Å²) >= 11 is -0.185. The zero-order valence-corrected chi connectivity index (χ0v) is 9.94. The van der Waals surface area contributed by atoms with Crippen molar-refractivity contribution >= 4 is 23.4 Å². The van der Waals surface area contributed by atoms with Gasteiger partial charge in [0.05, 0.1) is 11.9 Å². The molecule has 0 aliphatic rings. The lowest BCUT2D eigenvalue weighted by Crippen LogP contribution is -2.27. The summed E-state index contributed by atoms with van der Waals surface area (Å²) in [5, 5.41) is 2.34. The molecule has 1 aromatic heterocycles. The van der Waals surface area contributed by atoms with Gasteiger partial charge in [0, 0.05) is 12.3 Å². The van der Waals surface area contributed by atoms with Crippen LogP contribution in [0.3, 0.4) is 0 Å². The van der Waals surface area contributed by atoms with Crippen LogP contribution in [0.25, 0.3) is 0 Å². The Morgan fingerprint density at radius 3 is 2.67 bits per heavy atom. The molecule has 0 aliphatic heterocycles. The van der Waals surface area contributed by atoms with Crippen molar-refractivity contribution in [3.05, 3.63) is 24.0 Å². The molecule has 100 valence electrons. The van der Waals surface area contributed by atoms with Gasteiger partial charge in [-0.05, 0) is 23.9 Å². The number of carbonyl (C=O) groups is 1. The molecule has 0 saturated carbocycles. The molecule has 18 heavy (non-hydrogen) atoms. The van der Waals surface area contributed by atoms with Crippen molar-refractivity contribution in [2.75, 3.05) is 17.7 Å². The van der Waals surface area contributed by atoms with E-state index >= 15 is 0 Å². The van der Waals surface area contributed by atoms with E-state index in [1.807, 2.05) is 0 Å². The van der Waals surface area contributed by atoms with E-state index in [1.165, 1.54) is 18.3 Å². The SMILES string of the molecule is NNc1ccc(C(=O)NCCSC(F)(F)F)nc1. The maximum absolute atomic E-state index is 11.8. The van der Waals surface area contributed by atoms with E-state index in [9.17, 15) is 18.0 Å². The van der Waals surface area contributed by atoms with Crippen LogP contribution in [0.4, 0.5) is 18.9 Å². The molecule has 5 nitrogen and oxygen atoms in total. The van der Waals surface area contributed by atoms with Crippen molar-refractivity contribution in [1.29, 1.82) is 0 Å². The molecule has 1 amide bonds. The minimum absolute atomic E-state index is 0.0818. The van der Waals surface area contributed by atoms with Crippen molar-refractivity contribution in [2.24, 2.45) is 5.84 Å². The minimum atomic E-state index is -4.28. The molecule has 9 heteroatoms. The number of thioether (sulfide) groups is 1. The van der Waals surface area contributed by atoms with E-state index in [2.05, 4.69) is 15.7 Å². The normalized spacial score (nSPS) is 11.1. The number of alkyl halides is 3. The molecule has 1 aromatic rings. The Kier molecular flexibility index (Phi) is 5.23. The van der Waals surface area contributed by atoms with Gasteiger partial charge in [0.15, 0.2) is 0 Å². The topological polar surface area (TPSA) is 80.0 Å². The van der Waals surface area contributed by atoms with Gasteiger partial charge in [-0.3, -0.25) is 10.6 Å². The fourth-order valence-electron chi connectivity index (χ4n) is 1.04. The smallest absolute Gasteiger partial charge is 0.350 e. The summed E-state index contributed by atoms with van der Waals surface area (Å²) in [5.41, 5.74) is -1.30. The second-order valence-electron chi connectivity index (χ2n) is 3.13. The first-order valence-corrected chi connectivity index (χ1v) is 5.82. The number of hydrogen-bond donors (Lipinski definition) is 3. The van der Waals surface area contributed by atoms with Gasteiger partial charge >= 0.3 is 5.51 Å². The highest BCUT2D eigenvalue weighted by molar-refractivity contribution is 8.00. The molecule has 1 heterocycles. The Labute approximate surface area is 105 Å². The average molecular weight is 280 g/mol. The van der Waals surface area contributed by atoms with Crippen LogP contribution in [-0.4, -0.2) is 28.7 Å². The number of nitrogens with zero attached hydrogens (tertiary/aromatic N) is 1. The molecule has 0 fully saturated rings. The van der Waals surface area contributed by atoms with Crippen LogP contribution in [0.15, 0.2) is 18.3 Å². The second-order valence-corrected chi connectivity index (χ2v) is 4.29. The van der Waals surface area contributed by atoms with Gasteiger partial charge in [0.1, 0.15) is 5.69 Å². The number of nitrogen functional groups attached to an aromatic ring is 1. The van der Waals surface area contributed by atoms with Gasteiger partial charge in [0.25, 0.3) is 5.91 Å². The summed E-state index contributed by atoms with van der Waals surface area (Å²) < 4.78 is 35.4. The zero-order valence-electron chi connectivity index (χ0n) is 9.12. The van der Waals surface area contributed by atoms with Gasteiger partial charge in [-0.1, -0.05) is 0 Å². The predicted octanol–water partition coefficient (Wildman–Crippen LogP) is 1.35. The third kappa shape index (κ3) is 5.23. The van der Waals surface area contributed by atoms with E-state index in [0.29, 0.717) is 5.69 Å². The Balaban J connectivity index is 2.36. The van der Waals surface area contributed by atoms with E-state index in [4.69, 9.17) is 5.84 Å². The Bertz CT molecular complexity index is 396. The third-order valence-electron chi connectivity index (χ3n) is 1.82. The Hall–Kier alpha value is -1.48. The molecule has 0 radical (unpaired) electrons.